The van der Waals surface area contributed by atoms with Crippen molar-refractivity contribution in [1.29, 1.82) is 0 Å². The second-order valence-corrected chi connectivity index (χ2v) is 7.47. The monoisotopic (exact) mass is 416 g/mol. The molecule has 8 nitrogen and oxygen atoms in total. The van der Waals surface area contributed by atoms with Gasteiger partial charge in [0.25, 0.3) is 5.56 Å². The van der Waals surface area contributed by atoms with E-state index in [0.717, 1.165) is 21.8 Å². The van der Waals surface area contributed by atoms with Gasteiger partial charge < -0.3 is 19.0 Å². The summed E-state index contributed by atoms with van der Waals surface area (Å²) in [6.45, 7) is 0.535. The van der Waals surface area contributed by atoms with Crippen LogP contribution in [0.3, 0.4) is 0 Å². The lowest BCUT2D eigenvalue weighted by atomic mass is 10.1. The number of ether oxygens (including phenoxy) is 1. The first-order chi connectivity index (χ1) is 15.1. The maximum absolute atomic E-state index is 12.2. The molecule has 156 valence electrons. The molecule has 0 fully saturated rings. The highest BCUT2D eigenvalue weighted by Gasteiger charge is 2.22. The summed E-state index contributed by atoms with van der Waals surface area (Å²) in [5, 5.41) is 19.4. The Bertz CT molecular complexity index is 1390. The molecule has 0 saturated heterocycles. The second kappa shape index (κ2) is 7.41. The molecule has 2 aliphatic heterocycles. The Morgan fingerprint density at radius 1 is 1.06 bits per heavy atom. The van der Waals surface area contributed by atoms with Crippen molar-refractivity contribution in [2.45, 2.75) is 19.2 Å². The first kappa shape index (κ1) is 19.1. The van der Waals surface area contributed by atoms with Crippen LogP contribution < -0.4 is 5.56 Å². The number of carbonyl (C=O) groups is 1. The molecule has 3 aromatic rings. The van der Waals surface area contributed by atoms with Crippen LogP contribution in [-0.4, -0.2) is 43.6 Å². The fraction of sp³-hybridized carbons (Fsp3) is 0.174. The SMILES string of the molecule is COC(=O)c1cn(C[C@@H](O)Cn2c3ccccc3c3ccccc32)cc2c(=O)[nH]nc1-2. The molecule has 2 N–H and O–H groups in total. The predicted octanol–water partition coefficient (Wildman–Crippen LogP) is 2.63. The summed E-state index contributed by atoms with van der Waals surface area (Å²) in [5.41, 5.74) is 2.37. The van der Waals surface area contributed by atoms with Crippen LogP contribution in [0.25, 0.3) is 33.1 Å². The van der Waals surface area contributed by atoms with Crippen molar-refractivity contribution in [3.8, 4) is 11.3 Å². The quantitative estimate of drug-likeness (QED) is 0.429. The van der Waals surface area contributed by atoms with E-state index in [0.29, 0.717) is 6.54 Å². The number of aromatic nitrogens is 4. The van der Waals surface area contributed by atoms with Crippen molar-refractivity contribution in [3.05, 3.63) is 76.8 Å². The van der Waals surface area contributed by atoms with Gasteiger partial charge in [-0.15, -0.1) is 0 Å². The molecule has 0 saturated carbocycles. The Morgan fingerprint density at radius 2 is 1.71 bits per heavy atom. The van der Waals surface area contributed by atoms with Crippen LogP contribution >= 0.6 is 0 Å². The van der Waals surface area contributed by atoms with Crippen LogP contribution in [0.2, 0.25) is 0 Å². The number of aliphatic hydroxyl groups is 1. The van der Waals surface area contributed by atoms with Crippen LogP contribution in [0, 0.1) is 0 Å². The van der Waals surface area contributed by atoms with Crippen LogP contribution in [0.1, 0.15) is 10.4 Å². The molecule has 0 unspecified atom stereocenters. The number of para-hydroxylation sites is 2. The number of methoxy groups -OCH3 is 1. The molecule has 2 aromatic carbocycles. The Hall–Kier alpha value is -3.91. The Labute approximate surface area is 176 Å². The number of H-pyrrole nitrogens is 1. The molecule has 5 rings (SSSR count). The van der Waals surface area contributed by atoms with Crippen molar-refractivity contribution >= 4 is 27.8 Å². The van der Waals surface area contributed by atoms with Gasteiger partial charge in [-0.05, 0) is 12.1 Å². The molecule has 0 amide bonds. The number of rotatable bonds is 5. The first-order valence-corrected chi connectivity index (χ1v) is 9.87. The minimum atomic E-state index is -0.769. The number of aliphatic hydroxyl groups excluding tert-OH is 1. The zero-order valence-electron chi connectivity index (χ0n) is 16.8. The molecule has 0 aliphatic carbocycles. The summed E-state index contributed by atoms with van der Waals surface area (Å²) in [7, 11) is 1.27. The highest BCUT2D eigenvalue weighted by atomic mass is 16.5. The molecule has 3 heterocycles. The molecule has 0 spiro atoms. The average molecular weight is 416 g/mol. The van der Waals surface area contributed by atoms with Crippen molar-refractivity contribution in [1.82, 2.24) is 19.3 Å². The van der Waals surface area contributed by atoms with E-state index in [-0.39, 0.29) is 23.4 Å². The van der Waals surface area contributed by atoms with Crippen LogP contribution in [0.5, 0.6) is 0 Å². The predicted molar refractivity (Wildman–Crippen MR) is 116 cm³/mol. The lowest BCUT2D eigenvalue weighted by Crippen LogP contribution is -2.23. The Kier molecular flexibility index (Phi) is 4.56. The van der Waals surface area contributed by atoms with Crippen molar-refractivity contribution < 1.29 is 14.6 Å². The number of aromatic amines is 1. The third kappa shape index (κ3) is 3.17. The molecule has 0 radical (unpaired) electrons. The van der Waals surface area contributed by atoms with Gasteiger partial charge in [0.2, 0.25) is 0 Å². The molecule has 0 bridgehead atoms. The Balaban J connectivity index is 1.52. The minimum absolute atomic E-state index is 0.169. The maximum atomic E-state index is 12.2. The number of hydrogen-bond donors (Lipinski definition) is 2. The lowest BCUT2D eigenvalue weighted by molar-refractivity contribution is 0.0599. The molecular formula is C23H20N4O4. The fourth-order valence-electron chi connectivity index (χ4n) is 4.17. The normalized spacial score (nSPS) is 12.6. The van der Waals surface area contributed by atoms with Crippen LogP contribution in [0.15, 0.2) is 65.7 Å². The number of nitrogens with zero attached hydrogens (tertiary/aromatic N) is 3. The fourth-order valence-corrected chi connectivity index (χ4v) is 4.17. The number of nitrogens with one attached hydrogen (secondary N) is 1. The van der Waals surface area contributed by atoms with Gasteiger partial charge in [-0.2, -0.15) is 5.10 Å². The summed E-state index contributed by atoms with van der Waals surface area (Å²) in [5.74, 6) is -0.595. The van der Waals surface area contributed by atoms with Gasteiger partial charge in [0.05, 0.1) is 25.3 Å². The zero-order chi connectivity index (χ0) is 21.5. The summed E-state index contributed by atoms with van der Waals surface area (Å²) in [6, 6.07) is 16.2. The van der Waals surface area contributed by atoms with E-state index in [4.69, 9.17) is 4.74 Å². The highest BCUT2D eigenvalue weighted by Crippen LogP contribution is 2.29. The topological polar surface area (TPSA) is 102 Å². The van der Waals surface area contributed by atoms with E-state index >= 15 is 0 Å². The van der Waals surface area contributed by atoms with Gasteiger partial charge in [0, 0.05) is 40.7 Å². The van der Waals surface area contributed by atoms with E-state index in [1.54, 1.807) is 17.0 Å². The number of hydrogen-bond acceptors (Lipinski definition) is 5. The van der Waals surface area contributed by atoms with Gasteiger partial charge >= 0.3 is 5.97 Å². The van der Waals surface area contributed by atoms with E-state index in [1.807, 2.05) is 36.4 Å². The molecule has 1 atom stereocenters. The second-order valence-electron chi connectivity index (χ2n) is 7.47. The largest absolute Gasteiger partial charge is 0.465 e. The molecule has 8 heteroatoms. The highest BCUT2D eigenvalue weighted by molar-refractivity contribution is 6.07. The number of pyridine rings is 1. The Morgan fingerprint density at radius 3 is 2.35 bits per heavy atom. The van der Waals surface area contributed by atoms with Crippen LogP contribution in [0.4, 0.5) is 0 Å². The van der Waals surface area contributed by atoms with Gasteiger partial charge in [-0.1, -0.05) is 36.4 Å². The van der Waals surface area contributed by atoms with E-state index < -0.39 is 17.6 Å². The van der Waals surface area contributed by atoms with Gasteiger partial charge in [0.1, 0.15) is 11.3 Å². The van der Waals surface area contributed by atoms with Crippen molar-refractivity contribution in [2.75, 3.05) is 7.11 Å². The van der Waals surface area contributed by atoms with Crippen molar-refractivity contribution in [3.63, 3.8) is 0 Å². The van der Waals surface area contributed by atoms with Crippen LogP contribution in [-0.2, 0) is 17.8 Å². The maximum Gasteiger partial charge on any atom is 0.341 e. The number of fused-ring (bicyclic) bond motifs is 4. The molecule has 2 aliphatic rings. The zero-order valence-corrected chi connectivity index (χ0v) is 16.8. The molecular weight excluding hydrogens is 396 g/mol. The molecule has 31 heavy (non-hydrogen) atoms. The van der Waals surface area contributed by atoms with Gasteiger partial charge in [-0.3, -0.25) is 4.79 Å². The van der Waals surface area contributed by atoms with E-state index in [1.165, 1.54) is 7.11 Å². The summed E-state index contributed by atoms with van der Waals surface area (Å²) in [6.07, 6.45) is 2.36. The summed E-state index contributed by atoms with van der Waals surface area (Å²) >= 11 is 0. The summed E-state index contributed by atoms with van der Waals surface area (Å²) < 4.78 is 8.54. The summed E-state index contributed by atoms with van der Waals surface area (Å²) in [4.78, 5) is 24.2. The molecule has 1 aromatic heterocycles. The number of benzene rings is 2. The third-order valence-electron chi connectivity index (χ3n) is 5.51. The minimum Gasteiger partial charge on any atom is -0.465 e. The van der Waals surface area contributed by atoms with Gasteiger partial charge in [-0.25, -0.2) is 9.89 Å². The van der Waals surface area contributed by atoms with E-state index in [2.05, 4.69) is 26.9 Å². The number of carbonyl (C=O) groups excluding carboxylic acids is 1. The van der Waals surface area contributed by atoms with Gasteiger partial charge in [0.15, 0.2) is 0 Å². The smallest absolute Gasteiger partial charge is 0.341 e. The average Bonchev–Trinajstić information content (AvgIpc) is 3.31. The number of esters is 1. The standard InChI is InChI=1S/C23H20N4O4/c1-31-23(30)18-13-26(12-17-21(18)24-25-22(17)29)10-14(28)11-27-19-8-4-2-6-15(19)16-7-3-5-9-20(16)27/h2-9,12-14,28H,10-11H2,1H3,(H,25,29)/t14-/m1/s1. The van der Waals surface area contributed by atoms with Crippen molar-refractivity contribution in [2.24, 2.45) is 0 Å². The first-order valence-electron chi connectivity index (χ1n) is 9.87. The van der Waals surface area contributed by atoms with E-state index in [9.17, 15) is 14.7 Å². The third-order valence-corrected chi connectivity index (χ3v) is 5.51. The lowest BCUT2D eigenvalue weighted by Gasteiger charge is -2.17.